The van der Waals surface area contributed by atoms with Crippen molar-refractivity contribution in [3.05, 3.63) is 0 Å². The van der Waals surface area contributed by atoms with Gasteiger partial charge in [0, 0.05) is 6.61 Å². The molecule has 96 valence electrons. The van der Waals surface area contributed by atoms with Crippen molar-refractivity contribution < 1.29 is 19.4 Å². The van der Waals surface area contributed by atoms with Crippen molar-refractivity contribution in [3.8, 4) is 0 Å². The lowest BCUT2D eigenvalue weighted by atomic mass is 10.0. The van der Waals surface area contributed by atoms with E-state index in [9.17, 15) is 4.79 Å². The summed E-state index contributed by atoms with van der Waals surface area (Å²) < 4.78 is 11.1. The molecule has 0 bridgehead atoms. The minimum Gasteiger partial charge on any atom is -0.481 e. The molecule has 0 aromatic carbocycles. The highest BCUT2D eigenvalue weighted by Gasteiger charge is 2.24. The van der Waals surface area contributed by atoms with E-state index in [4.69, 9.17) is 14.6 Å². The monoisotopic (exact) mass is 232 g/mol. The molecule has 0 aliphatic rings. The fraction of sp³-hybridized carbons (Fsp3) is 0.917. The van der Waals surface area contributed by atoms with Gasteiger partial charge in [0.05, 0.1) is 24.2 Å². The molecule has 0 saturated carbocycles. The highest BCUT2D eigenvalue weighted by Crippen LogP contribution is 2.19. The van der Waals surface area contributed by atoms with Gasteiger partial charge in [-0.05, 0) is 41.0 Å². The Morgan fingerprint density at radius 1 is 1.12 bits per heavy atom. The quantitative estimate of drug-likeness (QED) is 0.698. The predicted octanol–water partition coefficient (Wildman–Crippen LogP) is 2.46. The van der Waals surface area contributed by atoms with Crippen molar-refractivity contribution in [2.24, 2.45) is 0 Å². The highest BCUT2D eigenvalue weighted by atomic mass is 16.5. The third-order valence-corrected chi connectivity index (χ3v) is 2.31. The molecule has 0 aromatic heterocycles. The largest absolute Gasteiger partial charge is 0.481 e. The van der Waals surface area contributed by atoms with Gasteiger partial charge in [-0.1, -0.05) is 0 Å². The van der Waals surface area contributed by atoms with Crippen LogP contribution in [0.3, 0.4) is 0 Å². The van der Waals surface area contributed by atoms with Gasteiger partial charge in [0.15, 0.2) is 0 Å². The first-order valence-corrected chi connectivity index (χ1v) is 5.68. The summed E-state index contributed by atoms with van der Waals surface area (Å²) in [6.07, 6.45) is 0.770. The molecule has 4 nitrogen and oxygen atoms in total. The second-order valence-corrected chi connectivity index (χ2v) is 5.12. The zero-order valence-corrected chi connectivity index (χ0v) is 11.0. The maximum absolute atomic E-state index is 10.6. The van der Waals surface area contributed by atoms with Crippen LogP contribution in [0.4, 0.5) is 0 Å². The number of aliphatic carboxylic acids is 1. The topological polar surface area (TPSA) is 55.8 Å². The molecule has 0 aliphatic carbocycles. The molecular formula is C12H24O4. The molecule has 16 heavy (non-hydrogen) atoms. The first-order chi connectivity index (χ1) is 7.18. The van der Waals surface area contributed by atoms with Crippen LogP contribution in [-0.4, -0.2) is 35.5 Å². The lowest BCUT2D eigenvalue weighted by Crippen LogP contribution is -2.32. The Morgan fingerprint density at radius 3 is 2.12 bits per heavy atom. The summed E-state index contributed by atoms with van der Waals surface area (Å²) in [4.78, 5) is 10.6. The smallest absolute Gasteiger partial charge is 0.306 e. The first kappa shape index (κ1) is 15.4. The third-order valence-electron chi connectivity index (χ3n) is 2.31. The molecule has 4 heteroatoms. The molecule has 0 fully saturated rings. The molecule has 1 N–H and O–H groups in total. The van der Waals surface area contributed by atoms with Crippen LogP contribution in [0.15, 0.2) is 0 Å². The number of ether oxygens (including phenoxy) is 2. The van der Waals surface area contributed by atoms with Gasteiger partial charge >= 0.3 is 5.97 Å². The van der Waals surface area contributed by atoms with E-state index in [2.05, 4.69) is 0 Å². The minimum atomic E-state index is -0.839. The lowest BCUT2D eigenvalue weighted by Gasteiger charge is -2.28. The number of carboxylic acids is 1. The number of carboxylic acid groups (broad SMARTS) is 1. The standard InChI is InChI=1S/C12H24O4/c1-6-15-11(2,3)7-8-16-12(4,5)9-10(13)14/h6-9H2,1-5H3,(H,13,14). The van der Waals surface area contributed by atoms with E-state index in [1.54, 1.807) is 13.8 Å². The van der Waals surface area contributed by atoms with E-state index in [0.717, 1.165) is 6.42 Å². The Bertz CT molecular complexity index is 221. The van der Waals surface area contributed by atoms with Gasteiger partial charge in [0.25, 0.3) is 0 Å². The maximum Gasteiger partial charge on any atom is 0.306 e. The molecule has 0 saturated heterocycles. The zero-order valence-electron chi connectivity index (χ0n) is 11.0. The van der Waals surface area contributed by atoms with Crippen LogP contribution in [0.25, 0.3) is 0 Å². The van der Waals surface area contributed by atoms with Crippen LogP contribution in [0.2, 0.25) is 0 Å². The Balaban J connectivity index is 3.92. The summed E-state index contributed by atoms with van der Waals surface area (Å²) in [6, 6.07) is 0. The molecule has 0 spiro atoms. The van der Waals surface area contributed by atoms with Crippen molar-refractivity contribution >= 4 is 5.97 Å². The van der Waals surface area contributed by atoms with Crippen molar-refractivity contribution in [2.45, 2.75) is 58.7 Å². The van der Waals surface area contributed by atoms with E-state index < -0.39 is 11.6 Å². The first-order valence-electron chi connectivity index (χ1n) is 5.68. The van der Waals surface area contributed by atoms with Gasteiger partial charge in [0.2, 0.25) is 0 Å². The Labute approximate surface area is 97.9 Å². The number of hydrogen-bond donors (Lipinski definition) is 1. The zero-order chi connectivity index (χ0) is 12.8. The van der Waals surface area contributed by atoms with Gasteiger partial charge in [-0.3, -0.25) is 4.79 Å². The van der Waals surface area contributed by atoms with Crippen LogP contribution in [0.5, 0.6) is 0 Å². The van der Waals surface area contributed by atoms with Crippen LogP contribution in [-0.2, 0) is 14.3 Å². The number of rotatable bonds is 8. The van der Waals surface area contributed by atoms with E-state index in [0.29, 0.717) is 13.2 Å². The molecule has 0 heterocycles. The van der Waals surface area contributed by atoms with Crippen LogP contribution in [0.1, 0.15) is 47.5 Å². The SMILES string of the molecule is CCOC(C)(C)CCOC(C)(C)CC(=O)O. The number of hydrogen-bond acceptors (Lipinski definition) is 3. The second kappa shape index (κ2) is 6.21. The van der Waals surface area contributed by atoms with Crippen molar-refractivity contribution in [2.75, 3.05) is 13.2 Å². The van der Waals surface area contributed by atoms with Gasteiger partial charge in [-0.15, -0.1) is 0 Å². The normalized spacial score (nSPS) is 12.8. The molecule has 0 radical (unpaired) electrons. The molecule has 0 aromatic rings. The average molecular weight is 232 g/mol. The summed E-state index contributed by atoms with van der Waals surface area (Å²) in [6.45, 7) is 10.7. The summed E-state index contributed by atoms with van der Waals surface area (Å²) in [5, 5.41) is 8.69. The summed E-state index contributed by atoms with van der Waals surface area (Å²) >= 11 is 0. The molecule has 0 atom stereocenters. The predicted molar refractivity (Wildman–Crippen MR) is 62.6 cm³/mol. The Kier molecular flexibility index (Phi) is 5.97. The van der Waals surface area contributed by atoms with Crippen LogP contribution in [0, 0.1) is 0 Å². The fourth-order valence-electron chi connectivity index (χ4n) is 1.45. The van der Waals surface area contributed by atoms with Crippen LogP contribution < -0.4 is 0 Å². The van der Waals surface area contributed by atoms with Gasteiger partial charge in [-0.2, -0.15) is 0 Å². The summed E-state index contributed by atoms with van der Waals surface area (Å²) in [7, 11) is 0. The summed E-state index contributed by atoms with van der Waals surface area (Å²) in [5.41, 5.74) is -0.831. The molecule has 0 aliphatic heterocycles. The van der Waals surface area contributed by atoms with E-state index >= 15 is 0 Å². The number of carbonyl (C=O) groups is 1. The Morgan fingerprint density at radius 2 is 1.69 bits per heavy atom. The van der Waals surface area contributed by atoms with Crippen molar-refractivity contribution in [3.63, 3.8) is 0 Å². The van der Waals surface area contributed by atoms with Crippen molar-refractivity contribution in [1.82, 2.24) is 0 Å². The maximum atomic E-state index is 10.6. The Hall–Kier alpha value is -0.610. The van der Waals surface area contributed by atoms with Gasteiger partial charge in [0.1, 0.15) is 0 Å². The van der Waals surface area contributed by atoms with Gasteiger partial charge < -0.3 is 14.6 Å². The highest BCUT2D eigenvalue weighted by molar-refractivity contribution is 5.67. The van der Waals surface area contributed by atoms with Crippen LogP contribution >= 0.6 is 0 Å². The average Bonchev–Trinajstić information content (AvgIpc) is 1.99. The van der Waals surface area contributed by atoms with Gasteiger partial charge in [-0.25, -0.2) is 0 Å². The summed E-state index contributed by atoms with van der Waals surface area (Å²) in [5.74, 6) is -0.839. The lowest BCUT2D eigenvalue weighted by molar-refractivity contribution is -0.144. The molecule has 0 amide bonds. The van der Waals surface area contributed by atoms with E-state index in [-0.39, 0.29) is 12.0 Å². The fourth-order valence-corrected chi connectivity index (χ4v) is 1.45. The molecular weight excluding hydrogens is 208 g/mol. The molecule has 0 rings (SSSR count). The van der Waals surface area contributed by atoms with Crippen molar-refractivity contribution in [1.29, 1.82) is 0 Å². The molecule has 0 unspecified atom stereocenters. The third kappa shape index (κ3) is 7.65. The second-order valence-electron chi connectivity index (χ2n) is 5.12. The van der Waals surface area contributed by atoms with E-state index in [1.165, 1.54) is 0 Å². The minimum absolute atomic E-state index is 0.0159. The van der Waals surface area contributed by atoms with E-state index in [1.807, 2.05) is 20.8 Å².